The lowest BCUT2D eigenvalue weighted by atomic mass is 10.2. The summed E-state index contributed by atoms with van der Waals surface area (Å²) in [6.07, 6.45) is -0.0659. The Kier molecular flexibility index (Phi) is 5.20. The predicted molar refractivity (Wildman–Crippen MR) is 85.6 cm³/mol. The summed E-state index contributed by atoms with van der Waals surface area (Å²) < 4.78 is 29.4. The number of nitrogens with zero attached hydrogens (tertiary/aromatic N) is 2. The molecule has 7 heteroatoms. The fourth-order valence-electron chi connectivity index (χ4n) is 2.10. The number of aromatic nitrogens is 1. The van der Waals surface area contributed by atoms with Crippen molar-refractivity contribution in [1.82, 2.24) is 10.1 Å². The zero-order valence-corrected chi connectivity index (χ0v) is 14.3. The summed E-state index contributed by atoms with van der Waals surface area (Å²) in [4.78, 5) is 13.8. The second-order valence-corrected chi connectivity index (χ2v) is 7.67. The lowest BCUT2D eigenvalue weighted by Crippen LogP contribution is -2.28. The second-order valence-electron chi connectivity index (χ2n) is 5.56. The van der Waals surface area contributed by atoms with Crippen LogP contribution in [0.4, 0.5) is 0 Å². The molecule has 1 amide bonds. The van der Waals surface area contributed by atoms with Crippen molar-refractivity contribution in [3.63, 3.8) is 0 Å². The first-order chi connectivity index (χ1) is 10.8. The highest BCUT2D eigenvalue weighted by Gasteiger charge is 2.18. The molecule has 0 aliphatic carbocycles. The lowest BCUT2D eigenvalue weighted by molar-refractivity contribution is -0.130. The Hall–Kier alpha value is -2.15. The van der Waals surface area contributed by atoms with Crippen molar-refractivity contribution in [3.05, 3.63) is 47.3 Å². The van der Waals surface area contributed by atoms with Crippen LogP contribution in [-0.2, 0) is 21.2 Å². The largest absolute Gasteiger partial charge is 0.361 e. The van der Waals surface area contributed by atoms with E-state index in [1.807, 2.05) is 6.92 Å². The number of sulfone groups is 1. The van der Waals surface area contributed by atoms with E-state index >= 15 is 0 Å². The maximum Gasteiger partial charge on any atom is 0.223 e. The maximum absolute atomic E-state index is 12.2. The van der Waals surface area contributed by atoms with Crippen LogP contribution in [0.5, 0.6) is 0 Å². The van der Waals surface area contributed by atoms with E-state index in [1.54, 1.807) is 44.3 Å². The molecular formula is C16H20N2O4S. The molecule has 0 N–H and O–H groups in total. The molecule has 0 unspecified atom stereocenters. The number of benzene rings is 1. The summed E-state index contributed by atoms with van der Waals surface area (Å²) in [6, 6.07) is 8.36. The Bertz CT molecular complexity index is 779. The molecule has 1 heterocycles. The highest BCUT2D eigenvalue weighted by molar-refractivity contribution is 7.91. The molecule has 0 spiro atoms. The van der Waals surface area contributed by atoms with Gasteiger partial charge in [-0.3, -0.25) is 4.79 Å². The molecule has 0 aliphatic rings. The molecule has 0 saturated carbocycles. The van der Waals surface area contributed by atoms with Gasteiger partial charge in [0, 0.05) is 19.5 Å². The van der Waals surface area contributed by atoms with Gasteiger partial charge in [-0.2, -0.15) is 0 Å². The highest BCUT2D eigenvalue weighted by Crippen LogP contribution is 2.14. The average molecular weight is 336 g/mol. The van der Waals surface area contributed by atoms with E-state index in [4.69, 9.17) is 4.52 Å². The van der Waals surface area contributed by atoms with Crippen molar-refractivity contribution >= 4 is 15.7 Å². The number of amides is 1. The van der Waals surface area contributed by atoms with Crippen LogP contribution >= 0.6 is 0 Å². The van der Waals surface area contributed by atoms with Gasteiger partial charge in [0.1, 0.15) is 11.5 Å². The van der Waals surface area contributed by atoms with E-state index in [0.717, 1.165) is 5.56 Å². The molecule has 6 nitrogen and oxygen atoms in total. The van der Waals surface area contributed by atoms with Crippen LogP contribution < -0.4 is 0 Å². The average Bonchev–Trinajstić information content (AvgIpc) is 2.90. The summed E-state index contributed by atoms with van der Waals surface area (Å²) in [6.45, 7) is 3.95. The lowest BCUT2D eigenvalue weighted by Gasteiger charge is -2.15. The summed E-state index contributed by atoms with van der Waals surface area (Å²) in [5.41, 5.74) is 1.63. The molecule has 1 aromatic carbocycles. The topological polar surface area (TPSA) is 80.5 Å². The number of carbonyl (C=O) groups is 1. The van der Waals surface area contributed by atoms with Gasteiger partial charge in [0.05, 0.1) is 17.2 Å². The molecule has 1 aromatic heterocycles. The van der Waals surface area contributed by atoms with Crippen molar-refractivity contribution in [3.8, 4) is 0 Å². The van der Waals surface area contributed by atoms with Crippen LogP contribution in [0.15, 0.2) is 39.8 Å². The van der Waals surface area contributed by atoms with Gasteiger partial charge >= 0.3 is 0 Å². The SMILES string of the molecule is Cc1ccc(S(=O)(=O)CCC(=O)N(C)Cc2cc(C)on2)cc1. The van der Waals surface area contributed by atoms with Gasteiger partial charge in [-0.05, 0) is 26.0 Å². The monoisotopic (exact) mass is 336 g/mol. The van der Waals surface area contributed by atoms with Crippen LogP contribution in [0.1, 0.15) is 23.4 Å². The number of rotatable bonds is 6. The molecule has 0 atom stereocenters. The first kappa shape index (κ1) is 17.2. The number of aryl methyl sites for hydroxylation is 2. The van der Waals surface area contributed by atoms with Gasteiger partial charge < -0.3 is 9.42 Å². The van der Waals surface area contributed by atoms with Gasteiger partial charge in [0.15, 0.2) is 9.84 Å². The first-order valence-electron chi connectivity index (χ1n) is 7.23. The first-order valence-corrected chi connectivity index (χ1v) is 8.89. The third-order valence-electron chi connectivity index (χ3n) is 3.47. The van der Waals surface area contributed by atoms with Crippen molar-refractivity contribution < 1.29 is 17.7 Å². The molecule has 0 aliphatic heterocycles. The summed E-state index contributed by atoms with van der Waals surface area (Å²) in [5.74, 6) is 0.209. The minimum Gasteiger partial charge on any atom is -0.361 e. The van der Waals surface area contributed by atoms with Crippen molar-refractivity contribution in [2.45, 2.75) is 31.7 Å². The third kappa shape index (κ3) is 4.66. The Labute approximate surface area is 136 Å². The molecule has 0 saturated heterocycles. The number of carbonyl (C=O) groups excluding carboxylic acids is 1. The smallest absolute Gasteiger partial charge is 0.223 e. The Morgan fingerprint density at radius 1 is 1.22 bits per heavy atom. The van der Waals surface area contributed by atoms with Gasteiger partial charge in [0.25, 0.3) is 0 Å². The molecule has 2 aromatic rings. The molecule has 0 radical (unpaired) electrons. The molecule has 0 bridgehead atoms. The molecule has 2 rings (SSSR count). The van der Waals surface area contributed by atoms with Crippen molar-refractivity contribution in [2.75, 3.05) is 12.8 Å². The predicted octanol–water partition coefficient (Wildman–Crippen LogP) is 2.11. The molecule has 0 fully saturated rings. The Morgan fingerprint density at radius 3 is 2.43 bits per heavy atom. The van der Waals surface area contributed by atoms with Gasteiger partial charge in [0.2, 0.25) is 5.91 Å². The zero-order valence-electron chi connectivity index (χ0n) is 13.4. The zero-order chi connectivity index (χ0) is 17.0. The summed E-state index contributed by atoms with van der Waals surface area (Å²) in [7, 11) is -1.84. The summed E-state index contributed by atoms with van der Waals surface area (Å²) >= 11 is 0. The van der Waals surface area contributed by atoms with E-state index < -0.39 is 9.84 Å². The van der Waals surface area contributed by atoms with Crippen LogP contribution in [0, 0.1) is 13.8 Å². The maximum atomic E-state index is 12.2. The van der Waals surface area contributed by atoms with Crippen molar-refractivity contribution in [2.24, 2.45) is 0 Å². The Morgan fingerprint density at radius 2 is 1.87 bits per heavy atom. The van der Waals surface area contributed by atoms with E-state index in [9.17, 15) is 13.2 Å². The quantitative estimate of drug-likeness (QED) is 0.807. The second kappa shape index (κ2) is 6.95. The fourth-order valence-corrected chi connectivity index (χ4v) is 3.33. The number of hydrogen-bond acceptors (Lipinski definition) is 5. The fraction of sp³-hybridized carbons (Fsp3) is 0.375. The van der Waals surface area contributed by atoms with Crippen molar-refractivity contribution in [1.29, 1.82) is 0 Å². The summed E-state index contributed by atoms with van der Waals surface area (Å²) in [5, 5.41) is 3.82. The third-order valence-corrected chi connectivity index (χ3v) is 5.20. The molecule has 23 heavy (non-hydrogen) atoms. The normalized spacial score (nSPS) is 11.4. The van der Waals surface area contributed by atoms with E-state index in [1.165, 1.54) is 4.90 Å². The van der Waals surface area contributed by atoms with E-state index in [2.05, 4.69) is 5.16 Å². The van der Waals surface area contributed by atoms with Gasteiger partial charge in [-0.25, -0.2) is 8.42 Å². The van der Waals surface area contributed by atoms with Crippen LogP contribution in [0.3, 0.4) is 0 Å². The molecular weight excluding hydrogens is 316 g/mol. The van der Waals surface area contributed by atoms with Crippen LogP contribution in [-0.4, -0.2) is 37.2 Å². The standard InChI is InChI=1S/C16H20N2O4S/c1-12-4-6-15(7-5-12)23(20,21)9-8-16(19)18(3)11-14-10-13(2)22-17-14/h4-7,10H,8-9,11H2,1-3H3. The minimum absolute atomic E-state index is 0.0659. The van der Waals surface area contributed by atoms with Crippen LogP contribution in [0.2, 0.25) is 0 Å². The van der Waals surface area contributed by atoms with Gasteiger partial charge in [-0.15, -0.1) is 0 Å². The minimum atomic E-state index is -3.46. The van der Waals surface area contributed by atoms with E-state index in [-0.39, 0.29) is 23.0 Å². The Balaban J connectivity index is 1.93. The van der Waals surface area contributed by atoms with Crippen LogP contribution in [0.25, 0.3) is 0 Å². The highest BCUT2D eigenvalue weighted by atomic mass is 32.2. The molecule has 124 valence electrons. The number of hydrogen-bond donors (Lipinski definition) is 0. The van der Waals surface area contributed by atoms with E-state index in [0.29, 0.717) is 18.0 Å². The van der Waals surface area contributed by atoms with Gasteiger partial charge in [-0.1, -0.05) is 22.9 Å².